The normalized spacial score (nSPS) is 19.2. The Balaban J connectivity index is 1.44. The molecule has 2 aliphatic rings. The maximum absolute atomic E-state index is 13.2. The topological polar surface area (TPSA) is 67.6 Å². The van der Waals surface area contributed by atoms with Crippen molar-refractivity contribution in [1.29, 1.82) is 0 Å². The molecule has 0 spiro atoms. The van der Waals surface area contributed by atoms with Gasteiger partial charge in [-0.2, -0.15) is 0 Å². The van der Waals surface area contributed by atoms with Crippen molar-refractivity contribution in [3.63, 3.8) is 0 Å². The summed E-state index contributed by atoms with van der Waals surface area (Å²) in [5.41, 5.74) is 2.45. The number of rotatable bonds is 7. The molecule has 1 aromatic heterocycles. The standard InChI is InChI=1S/C25H35N3O3/c1-19-22(20(2)31-27-19)17-30-23-12-6-5-11-21(23)24(29)26-18-25(13-7-3-8-14-25)28-15-9-4-10-16-28/h5-6,11-12H,3-4,7-10,13-18H2,1-2H3,(H,26,29). The number of aryl methyl sites for hydroxylation is 2. The highest BCUT2D eigenvalue weighted by molar-refractivity contribution is 5.96. The van der Waals surface area contributed by atoms with Crippen molar-refractivity contribution in [1.82, 2.24) is 15.4 Å². The Kier molecular flexibility index (Phi) is 6.96. The van der Waals surface area contributed by atoms with Gasteiger partial charge in [0.2, 0.25) is 0 Å². The van der Waals surface area contributed by atoms with Crippen LogP contribution in [0.2, 0.25) is 0 Å². The first kappa shape index (κ1) is 21.9. The molecule has 1 saturated heterocycles. The molecule has 2 fully saturated rings. The van der Waals surface area contributed by atoms with Crippen molar-refractivity contribution in [2.24, 2.45) is 0 Å². The predicted octanol–water partition coefficient (Wildman–Crippen LogP) is 4.79. The van der Waals surface area contributed by atoms with Gasteiger partial charge in [-0.25, -0.2) is 0 Å². The summed E-state index contributed by atoms with van der Waals surface area (Å²) in [5, 5.41) is 7.25. The molecule has 6 nitrogen and oxygen atoms in total. The van der Waals surface area contributed by atoms with Gasteiger partial charge in [0.15, 0.2) is 0 Å². The van der Waals surface area contributed by atoms with E-state index in [0.29, 0.717) is 24.5 Å². The van der Waals surface area contributed by atoms with E-state index in [-0.39, 0.29) is 11.4 Å². The van der Waals surface area contributed by atoms with Gasteiger partial charge in [0.25, 0.3) is 5.91 Å². The number of nitrogens with zero attached hydrogens (tertiary/aromatic N) is 2. The summed E-state index contributed by atoms with van der Waals surface area (Å²) in [6.45, 7) is 7.15. The molecule has 0 atom stereocenters. The number of carbonyl (C=O) groups is 1. The lowest BCUT2D eigenvalue weighted by atomic mass is 9.79. The molecule has 168 valence electrons. The minimum atomic E-state index is -0.0590. The van der Waals surface area contributed by atoms with Crippen LogP contribution in [-0.2, 0) is 6.61 Å². The van der Waals surface area contributed by atoms with Crippen LogP contribution in [0.4, 0.5) is 0 Å². The summed E-state index contributed by atoms with van der Waals surface area (Å²) < 4.78 is 11.2. The van der Waals surface area contributed by atoms with Gasteiger partial charge in [-0.15, -0.1) is 0 Å². The Bertz CT molecular complexity index is 860. The average Bonchev–Trinajstić information content (AvgIpc) is 3.14. The summed E-state index contributed by atoms with van der Waals surface area (Å²) in [4.78, 5) is 15.9. The highest BCUT2D eigenvalue weighted by Crippen LogP contribution is 2.35. The Hall–Kier alpha value is -2.34. The maximum atomic E-state index is 13.2. The third kappa shape index (κ3) is 4.95. The quantitative estimate of drug-likeness (QED) is 0.691. The molecule has 1 aliphatic carbocycles. The van der Waals surface area contributed by atoms with Crippen LogP contribution in [0.25, 0.3) is 0 Å². The minimum Gasteiger partial charge on any atom is -0.488 e. The van der Waals surface area contributed by atoms with Crippen molar-refractivity contribution < 1.29 is 14.1 Å². The second kappa shape index (κ2) is 9.86. The number of aromatic nitrogens is 1. The molecule has 31 heavy (non-hydrogen) atoms. The fraction of sp³-hybridized carbons (Fsp3) is 0.600. The van der Waals surface area contributed by atoms with Gasteiger partial charge in [-0.3, -0.25) is 9.69 Å². The van der Waals surface area contributed by atoms with E-state index in [2.05, 4.69) is 15.4 Å². The minimum absolute atomic E-state index is 0.0590. The largest absolute Gasteiger partial charge is 0.488 e. The third-order valence-electron chi connectivity index (χ3n) is 7.07. The molecule has 0 bridgehead atoms. The van der Waals surface area contributed by atoms with Crippen LogP contribution in [-0.4, -0.2) is 41.1 Å². The molecule has 6 heteroatoms. The van der Waals surface area contributed by atoms with Gasteiger partial charge in [0, 0.05) is 12.1 Å². The number of ether oxygens (including phenoxy) is 1. The smallest absolute Gasteiger partial charge is 0.255 e. The van der Waals surface area contributed by atoms with Crippen LogP contribution in [0.5, 0.6) is 5.75 Å². The SMILES string of the molecule is Cc1noc(C)c1COc1ccccc1C(=O)NCC1(N2CCCCC2)CCCCC1. The van der Waals surface area contributed by atoms with E-state index < -0.39 is 0 Å². The van der Waals surface area contributed by atoms with Crippen LogP contribution in [0, 0.1) is 13.8 Å². The average molecular weight is 426 g/mol. The summed E-state index contributed by atoms with van der Waals surface area (Å²) in [5.74, 6) is 1.28. The molecule has 1 N–H and O–H groups in total. The number of benzene rings is 1. The van der Waals surface area contributed by atoms with Gasteiger partial charge < -0.3 is 14.6 Å². The number of amides is 1. The van der Waals surface area contributed by atoms with E-state index in [1.165, 1.54) is 51.4 Å². The molecule has 1 amide bonds. The zero-order valence-corrected chi connectivity index (χ0v) is 18.9. The van der Waals surface area contributed by atoms with Crippen molar-refractivity contribution in [2.75, 3.05) is 19.6 Å². The third-order valence-corrected chi connectivity index (χ3v) is 7.07. The van der Waals surface area contributed by atoms with Gasteiger partial charge in [0.05, 0.1) is 16.8 Å². The first-order valence-electron chi connectivity index (χ1n) is 11.8. The lowest BCUT2D eigenvalue weighted by molar-refractivity contribution is 0.0326. The number of piperidine rings is 1. The highest BCUT2D eigenvalue weighted by Gasteiger charge is 2.38. The summed E-state index contributed by atoms with van der Waals surface area (Å²) >= 11 is 0. The lowest BCUT2D eigenvalue weighted by Gasteiger charge is -2.48. The van der Waals surface area contributed by atoms with E-state index in [1.807, 2.05) is 38.1 Å². The Morgan fingerprint density at radius 2 is 1.81 bits per heavy atom. The zero-order valence-electron chi connectivity index (χ0n) is 18.9. The molecule has 2 heterocycles. The fourth-order valence-electron chi connectivity index (χ4n) is 5.16. The lowest BCUT2D eigenvalue weighted by Crippen LogP contribution is -2.58. The second-order valence-corrected chi connectivity index (χ2v) is 9.10. The van der Waals surface area contributed by atoms with Crippen molar-refractivity contribution in [3.8, 4) is 5.75 Å². The monoisotopic (exact) mass is 425 g/mol. The molecule has 0 unspecified atom stereocenters. The van der Waals surface area contributed by atoms with Crippen LogP contribution in [0.3, 0.4) is 0 Å². The van der Waals surface area contributed by atoms with E-state index >= 15 is 0 Å². The predicted molar refractivity (Wildman–Crippen MR) is 120 cm³/mol. The molecule has 1 aromatic carbocycles. The number of nitrogens with one attached hydrogen (secondary N) is 1. The van der Waals surface area contributed by atoms with E-state index in [1.54, 1.807) is 0 Å². The number of likely N-dealkylation sites (tertiary alicyclic amines) is 1. The molecule has 1 saturated carbocycles. The van der Waals surface area contributed by atoms with Gasteiger partial charge in [0.1, 0.15) is 18.1 Å². The number of carbonyl (C=O) groups excluding carboxylic acids is 1. The van der Waals surface area contributed by atoms with Crippen LogP contribution in [0.15, 0.2) is 28.8 Å². The van der Waals surface area contributed by atoms with E-state index in [4.69, 9.17) is 9.26 Å². The molecule has 0 radical (unpaired) electrons. The van der Waals surface area contributed by atoms with Crippen molar-refractivity contribution in [2.45, 2.75) is 77.4 Å². The molecule has 1 aliphatic heterocycles. The first-order chi connectivity index (χ1) is 15.1. The maximum Gasteiger partial charge on any atom is 0.255 e. The Morgan fingerprint density at radius 3 is 2.52 bits per heavy atom. The number of hydrogen-bond donors (Lipinski definition) is 1. The Labute approximate surface area is 185 Å². The van der Waals surface area contributed by atoms with Crippen LogP contribution < -0.4 is 10.1 Å². The fourth-order valence-corrected chi connectivity index (χ4v) is 5.16. The Morgan fingerprint density at radius 1 is 1.10 bits per heavy atom. The molecular formula is C25H35N3O3. The first-order valence-corrected chi connectivity index (χ1v) is 11.8. The van der Waals surface area contributed by atoms with Crippen molar-refractivity contribution in [3.05, 3.63) is 46.8 Å². The van der Waals surface area contributed by atoms with Gasteiger partial charge in [-0.05, 0) is 64.8 Å². The van der Waals surface area contributed by atoms with Gasteiger partial charge in [-0.1, -0.05) is 43.0 Å². The summed E-state index contributed by atoms with van der Waals surface area (Å²) in [6, 6.07) is 7.48. The number of hydrogen-bond acceptors (Lipinski definition) is 5. The second-order valence-electron chi connectivity index (χ2n) is 9.10. The molecular weight excluding hydrogens is 390 g/mol. The van der Waals surface area contributed by atoms with E-state index in [0.717, 1.165) is 30.1 Å². The number of para-hydroxylation sites is 1. The van der Waals surface area contributed by atoms with Crippen LogP contribution in [0.1, 0.15) is 78.7 Å². The molecule has 2 aromatic rings. The molecule has 4 rings (SSSR count). The van der Waals surface area contributed by atoms with E-state index in [9.17, 15) is 4.79 Å². The van der Waals surface area contributed by atoms with Gasteiger partial charge >= 0.3 is 0 Å². The van der Waals surface area contributed by atoms with Crippen molar-refractivity contribution >= 4 is 5.91 Å². The summed E-state index contributed by atoms with van der Waals surface area (Å²) in [7, 11) is 0. The van der Waals surface area contributed by atoms with Crippen LogP contribution >= 0.6 is 0 Å². The highest BCUT2D eigenvalue weighted by atomic mass is 16.5. The zero-order chi connectivity index (χ0) is 21.7. The summed E-state index contributed by atoms with van der Waals surface area (Å²) in [6.07, 6.45) is 10.0.